The van der Waals surface area contributed by atoms with Gasteiger partial charge in [0.1, 0.15) is 0 Å². The fourth-order valence-electron chi connectivity index (χ4n) is 2.46. The molecule has 1 aromatic heterocycles. The molecule has 3 N–H and O–H groups in total. The van der Waals surface area contributed by atoms with Gasteiger partial charge in [0.25, 0.3) is 5.91 Å². The van der Waals surface area contributed by atoms with Crippen molar-refractivity contribution in [1.82, 2.24) is 10.3 Å². The summed E-state index contributed by atoms with van der Waals surface area (Å²) >= 11 is 0. The van der Waals surface area contributed by atoms with Gasteiger partial charge in [0, 0.05) is 30.4 Å². The van der Waals surface area contributed by atoms with E-state index in [9.17, 15) is 4.79 Å². The molecule has 0 radical (unpaired) electrons. The highest BCUT2D eigenvalue weighted by atomic mass is 16.1. The molecule has 120 valence electrons. The van der Waals surface area contributed by atoms with Crippen LogP contribution in [0.2, 0.25) is 0 Å². The van der Waals surface area contributed by atoms with Crippen LogP contribution < -0.4 is 11.1 Å². The summed E-state index contributed by atoms with van der Waals surface area (Å²) in [5.74, 6) is -0.101. The van der Waals surface area contributed by atoms with E-state index in [0.29, 0.717) is 18.7 Å². The van der Waals surface area contributed by atoms with Gasteiger partial charge in [-0.1, -0.05) is 42.5 Å². The Labute approximate surface area is 141 Å². The molecule has 1 heterocycles. The third kappa shape index (κ3) is 3.86. The fourth-order valence-corrected chi connectivity index (χ4v) is 2.46. The Balaban J connectivity index is 1.76. The van der Waals surface area contributed by atoms with Crippen molar-refractivity contribution < 1.29 is 4.79 Å². The minimum absolute atomic E-state index is 0.101. The van der Waals surface area contributed by atoms with Crippen LogP contribution in [0.4, 0.5) is 0 Å². The molecule has 2 aromatic carbocycles. The first kappa shape index (κ1) is 15.9. The van der Waals surface area contributed by atoms with Crippen LogP contribution in [0.1, 0.15) is 21.5 Å². The molecule has 24 heavy (non-hydrogen) atoms. The minimum Gasteiger partial charge on any atom is -0.348 e. The van der Waals surface area contributed by atoms with E-state index in [-0.39, 0.29) is 5.91 Å². The van der Waals surface area contributed by atoms with Crippen LogP contribution in [0.3, 0.4) is 0 Å². The standard InChI is InChI=1S/C20H19N3O/c21-13-16-9-10-22-19(11-16)17-7-4-8-18(12-17)20(24)23-14-15-5-2-1-3-6-15/h1-12H,13-14,21H2,(H,23,24). The molecule has 3 aromatic rings. The van der Waals surface area contributed by atoms with E-state index in [4.69, 9.17) is 5.73 Å². The second-order valence-corrected chi connectivity index (χ2v) is 5.50. The van der Waals surface area contributed by atoms with Crippen molar-refractivity contribution in [2.75, 3.05) is 0 Å². The Bertz CT molecular complexity index is 831. The second-order valence-electron chi connectivity index (χ2n) is 5.50. The van der Waals surface area contributed by atoms with Crippen molar-refractivity contribution >= 4 is 5.91 Å². The lowest BCUT2D eigenvalue weighted by Gasteiger charge is -2.08. The first-order valence-electron chi connectivity index (χ1n) is 7.84. The Kier molecular flexibility index (Phi) is 4.99. The zero-order valence-electron chi connectivity index (χ0n) is 13.3. The molecule has 1 amide bonds. The molecule has 3 rings (SSSR count). The van der Waals surface area contributed by atoms with Gasteiger partial charge in [0.2, 0.25) is 0 Å². The molecule has 0 atom stereocenters. The number of carbonyl (C=O) groups is 1. The molecular formula is C20H19N3O. The van der Waals surface area contributed by atoms with Crippen LogP contribution in [0.25, 0.3) is 11.3 Å². The molecule has 0 aliphatic rings. The van der Waals surface area contributed by atoms with E-state index in [2.05, 4.69) is 10.3 Å². The van der Waals surface area contributed by atoms with Crippen molar-refractivity contribution in [1.29, 1.82) is 0 Å². The van der Waals surface area contributed by atoms with Crippen LogP contribution in [-0.2, 0) is 13.1 Å². The lowest BCUT2D eigenvalue weighted by molar-refractivity contribution is 0.0951. The maximum absolute atomic E-state index is 12.4. The van der Waals surface area contributed by atoms with Crippen molar-refractivity contribution in [2.24, 2.45) is 5.73 Å². The average Bonchev–Trinajstić information content (AvgIpc) is 2.67. The van der Waals surface area contributed by atoms with E-state index >= 15 is 0 Å². The number of amides is 1. The van der Waals surface area contributed by atoms with Crippen molar-refractivity contribution in [3.63, 3.8) is 0 Å². The maximum Gasteiger partial charge on any atom is 0.251 e. The Hall–Kier alpha value is -2.98. The average molecular weight is 317 g/mol. The molecule has 4 nitrogen and oxygen atoms in total. The van der Waals surface area contributed by atoms with Crippen LogP contribution in [0.15, 0.2) is 72.9 Å². The Morgan fingerprint density at radius 2 is 1.79 bits per heavy atom. The van der Waals surface area contributed by atoms with Crippen molar-refractivity contribution in [3.8, 4) is 11.3 Å². The molecule has 0 saturated heterocycles. The topological polar surface area (TPSA) is 68.0 Å². The number of nitrogens with two attached hydrogens (primary N) is 1. The van der Waals surface area contributed by atoms with E-state index in [1.165, 1.54) is 0 Å². The van der Waals surface area contributed by atoms with E-state index in [0.717, 1.165) is 22.4 Å². The molecule has 0 unspecified atom stereocenters. The van der Waals surface area contributed by atoms with Gasteiger partial charge >= 0.3 is 0 Å². The summed E-state index contributed by atoms with van der Waals surface area (Å²) in [4.78, 5) is 16.7. The number of hydrogen-bond donors (Lipinski definition) is 2. The SMILES string of the molecule is NCc1ccnc(-c2cccc(C(=O)NCc3ccccc3)c2)c1. The van der Waals surface area contributed by atoms with Crippen molar-refractivity contribution in [2.45, 2.75) is 13.1 Å². The molecule has 4 heteroatoms. The third-order valence-corrected chi connectivity index (χ3v) is 3.78. The molecule has 0 aliphatic heterocycles. The number of pyridine rings is 1. The molecule has 0 fully saturated rings. The van der Waals surface area contributed by atoms with Gasteiger partial charge in [-0.05, 0) is 35.4 Å². The number of benzene rings is 2. The number of nitrogens with one attached hydrogen (secondary N) is 1. The normalized spacial score (nSPS) is 10.4. The van der Waals surface area contributed by atoms with E-state index in [1.807, 2.05) is 60.7 Å². The summed E-state index contributed by atoms with van der Waals surface area (Å²) in [6.45, 7) is 0.970. The molecule has 0 saturated carbocycles. The molecule has 0 spiro atoms. The predicted molar refractivity (Wildman–Crippen MR) is 95.2 cm³/mol. The van der Waals surface area contributed by atoms with Gasteiger partial charge in [0.15, 0.2) is 0 Å². The van der Waals surface area contributed by atoms with Gasteiger partial charge in [-0.15, -0.1) is 0 Å². The number of rotatable bonds is 5. The smallest absolute Gasteiger partial charge is 0.251 e. The monoisotopic (exact) mass is 317 g/mol. The summed E-state index contributed by atoms with van der Waals surface area (Å²) in [6.07, 6.45) is 1.74. The Morgan fingerprint density at radius 3 is 2.58 bits per heavy atom. The van der Waals surface area contributed by atoms with Crippen molar-refractivity contribution in [3.05, 3.63) is 89.6 Å². The zero-order valence-corrected chi connectivity index (χ0v) is 13.3. The van der Waals surface area contributed by atoms with E-state index < -0.39 is 0 Å². The zero-order chi connectivity index (χ0) is 16.8. The minimum atomic E-state index is -0.101. The number of nitrogens with zero attached hydrogens (tertiary/aromatic N) is 1. The fraction of sp³-hybridized carbons (Fsp3) is 0.100. The third-order valence-electron chi connectivity index (χ3n) is 3.78. The van der Waals surface area contributed by atoms with Gasteiger partial charge in [0.05, 0.1) is 5.69 Å². The number of hydrogen-bond acceptors (Lipinski definition) is 3. The van der Waals surface area contributed by atoms with E-state index in [1.54, 1.807) is 12.3 Å². The largest absolute Gasteiger partial charge is 0.348 e. The highest BCUT2D eigenvalue weighted by Gasteiger charge is 2.08. The number of carbonyl (C=O) groups excluding carboxylic acids is 1. The molecular weight excluding hydrogens is 298 g/mol. The first-order valence-corrected chi connectivity index (χ1v) is 7.84. The lowest BCUT2D eigenvalue weighted by Crippen LogP contribution is -2.22. The molecule has 0 bridgehead atoms. The van der Waals surface area contributed by atoms with Gasteiger partial charge in [-0.25, -0.2) is 0 Å². The summed E-state index contributed by atoms with van der Waals surface area (Å²) < 4.78 is 0. The summed E-state index contributed by atoms with van der Waals surface area (Å²) in [6, 6.07) is 21.1. The molecule has 0 aliphatic carbocycles. The van der Waals surface area contributed by atoms with Gasteiger partial charge in [-0.2, -0.15) is 0 Å². The lowest BCUT2D eigenvalue weighted by atomic mass is 10.1. The second kappa shape index (κ2) is 7.53. The first-order chi connectivity index (χ1) is 11.8. The summed E-state index contributed by atoms with van der Waals surface area (Å²) in [7, 11) is 0. The highest BCUT2D eigenvalue weighted by molar-refractivity contribution is 5.95. The number of aromatic nitrogens is 1. The highest BCUT2D eigenvalue weighted by Crippen LogP contribution is 2.19. The predicted octanol–water partition coefficient (Wildman–Crippen LogP) is 3.14. The quantitative estimate of drug-likeness (QED) is 0.759. The van der Waals surface area contributed by atoms with Crippen LogP contribution in [0.5, 0.6) is 0 Å². The Morgan fingerprint density at radius 1 is 0.958 bits per heavy atom. The maximum atomic E-state index is 12.4. The summed E-state index contributed by atoms with van der Waals surface area (Å²) in [5.41, 5.74) is 10.1. The van der Waals surface area contributed by atoms with Gasteiger partial charge < -0.3 is 11.1 Å². The summed E-state index contributed by atoms with van der Waals surface area (Å²) in [5, 5.41) is 2.94. The van der Waals surface area contributed by atoms with Crippen LogP contribution in [-0.4, -0.2) is 10.9 Å². The van der Waals surface area contributed by atoms with Crippen LogP contribution in [0, 0.1) is 0 Å². The van der Waals surface area contributed by atoms with Crippen LogP contribution >= 0.6 is 0 Å². The van der Waals surface area contributed by atoms with Gasteiger partial charge in [-0.3, -0.25) is 9.78 Å².